The van der Waals surface area contributed by atoms with E-state index in [-0.39, 0.29) is 5.97 Å². The van der Waals surface area contributed by atoms with Gasteiger partial charge in [-0.1, -0.05) is 17.7 Å². The average molecular weight is 284 g/mol. The first-order valence-corrected chi connectivity index (χ1v) is 6.68. The molecule has 104 valence electrons. The van der Waals surface area contributed by atoms with Gasteiger partial charge in [-0.2, -0.15) is 0 Å². The van der Waals surface area contributed by atoms with E-state index < -0.39 is 6.04 Å². The van der Waals surface area contributed by atoms with Crippen LogP contribution in [0.25, 0.3) is 0 Å². The number of methoxy groups -OCH3 is 2. The normalized spacial score (nSPS) is 15.9. The van der Waals surface area contributed by atoms with E-state index in [9.17, 15) is 4.79 Å². The van der Waals surface area contributed by atoms with Gasteiger partial charge in [0.25, 0.3) is 0 Å². The van der Waals surface area contributed by atoms with Crippen molar-refractivity contribution in [1.82, 2.24) is 5.32 Å². The predicted molar refractivity (Wildman–Crippen MR) is 73.5 cm³/mol. The summed E-state index contributed by atoms with van der Waals surface area (Å²) in [5.41, 5.74) is 0.790. The zero-order valence-electron chi connectivity index (χ0n) is 11.1. The van der Waals surface area contributed by atoms with Gasteiger partial charge < -0.3 is 14.8 Å². The Bertz CT molecular complexity index is 460. The van der Waals surface area contributed by atoms with Crippen molar-refractivity contribution in [3.05, 3.63) is 28.8 Å². The first kappa shape index (κ1) is 14.2. The van der Waals surface area contributed by atoms with E-state index in [1.165, 1.54) is 20.0 Å². The van der Waals surface area contributed by atoms with Crippen LogP contribution in [0.5, 0.6) is 5.75 Å². The van der Waals surface area contributed by atoms with Gasteiger partial charge in [0, 0.05) is 0 Å². The number of halogens is 1. The second-order valence-electron chi connectivity index (χ2n) is 4.70. The topological polar surface area (TPSA) is 47.6 Å². The fourth-order valence-corrected chi connectivity index (χ4v) is 2.19. The summed E-state index contributed by atoms with van der Waals surface area (Å²) >= 11 is 6.09. The van der Waals surface area contributed by atoms with Crippen molar-refractivity contribution >= 4 is 17.6 Å². The van der Waals surface area contributed by atoms with Crippen LogP contribution in [0, 0.1) is 5.92 Å². The van der Waals surface area contributed by atoms with Gasteiger partial charge >= 0.3 is 5.97 Å². The molecule has 0 amide bonds. The molecule has 1 atom stereocenters. The molecular weight excluding hydrogens is 266 g/mol. The molecule has 0 heterocycles. The lowest BCUT2D eigenvalue weighted by Crippen LogP contribution is -2.31. The molecule has 1 N–H and O–H groups in total. The number of rotatable bonds is 6. The molecule has 2 rings (SSSR count). The smallest absolute Gasteiger partial charge is 0.327 e. The van der Waals surface area contributed by atoms with Crippen LogP contribution in [-0.2, 0) is 9.53 Å². The number of hydrogen-bond acceptors (Lipinski definition) is 4. The Labute approximate surface area is 118 Å². The summed E-state index contributed by atoms with van der Waals surface area (Å²) in [4.78, 5) is 11.9. The number of esters is 1. The van der Waals surface area contributed by atoms with Gasteiger partial charge in [-0.3, -0.25) is 0 Å². The van der Waals surface area contributed by atoms with Crippen molar-refractivity contribution < 1.29 is 14.3 Å². The van der Waals surface area contributed by atoms with Crippen molar-refractivity contribution in [2.45, 2.75) is 18.9 Å². The third kappa shape index (κ3) is 3.61. The maximum absolute atomic E-state index is 11.9. The number of carbonyl (C=O) groups is 1. The monoisotopic (exact) mass is 283 g/mol. The fraction of sp³-hybridized carbons (Fsp3) is 0.500. The summed E-state index contributed by atoms with van der Waals surface area (Å²) in [7, 11) is 2.95. The highest BCUT2D eigenvalue weighted by molar-refractivity contribution is 6.32. The van der Waals surface area contributed by atoms with Crippen LogP contribution in [0.1, 0.15) is 24.4 Å². The molecule has 1 aliphatic carbocycles. The van der Waals surface area contributed by atoms with Crippen molar-refractivity contribution in [3.63, 3.8) is 0 Å². The maximum Gasteiger partial charge on any atom is 0.327 e. The van der Waals surface area contributed by atoms with Crippen LogP contribution >= 0.6 is 11.6 Å². The van der Waals surface area contributed by atoms with Gasteiger partial charge in [-0.15, -0.1) is 0 Å². The standard InChI is InChI=1S/C14H18ClNO3/c1-18-12-6-5-10(7-11(12)15)13(14(17)19-2)16-8-9-3-4-9/h5-7,9,13,16H,3-4,8H2,1-2H3/t13-/m0/s1. The van der Waals surface area contributed by atoms with E-state index in [4.69, 9.17) is 21.1 Å². The Morgan fingerprint density at radius 1 is 1.47 bits per heavy atom. The van der Waals surface area contributed by atoms with Gasteiger partial charge in [0.2, 0.25) is 0 Å². The zero-order chi connectivity index (χ0) is 13.8. The second kappa shape index (κ2) is 6.26. The Balaban J connectivity index is 2.15. The number of ether oxygens (including phenoxy) is 2. The minimum Gasteiger partial charge on any atom is -0.495 e. The molecule has 1 aliphatic rings. The fourth-order valence-electron chi connectivity index (χ4n) is 1.92. The van der Waals surface area contributed by atoms with Gasteiger partial charge in [-0.25, -0.2) is 4.79 Å². The lowest BCUT2D eigenvalue weighted by molar-refractivity contribution is -0.143. The van der Waals surface area contributed by atoms with Crippen LogP contribution in [0.15, 0.2) is 18.2 Å². The third-order valence-electron chi connectivity index (χ3n) is 3.25. The molecule has 4 nitrogen and oxygen atoms in total. The minimum atomic E-state index is -0.478. The summed E-state index contributed by atoms with van der Waals surface area (Å²) in [6, 6.07) is 4.84. The first-order valence-electron chi connectivity index (χ1n) is 6.30. The molecule has 1 aromatic rings. The van der Waals surface area contributed by atoms with Crippen molar-refractivity contribution in [2.75, 3.05) is 20.8 Å². The van der Waals surface area contributed by atoms with Crippen LogP contribution in [-0.4, -0.2) is 26.7 Å². The summed E-state index contributed by atoms with van der Waals surface area (Å²) in [5, 5.41) is 3.73. The zero-order valence-corrected chi connectivity index (χ0v) is 11.9. The van der Waals surface area contributed by atoms with E-state index >= 15 is 0 Å². The largest absolute Gasteiger partial charge is 0.495 e. The Kier molecular flexibility index (Phi) is 4.66. The van der Waals surface area contributed by atoms with E-state index in [0.29, 0.717) is 16.7 Å². The SMILES string of the molecule is COC(=O)[C@@H](NCC1CC1)c1ccc(OC)c(Cl)c1. The summed E-state index contributed by atoms with van der Waals surface area (Å²) < 4.78 is 9.95. The van der Waals surface area contributed by atoms with Crippen molar-refractivity contribution in [3.8, 4) is 5.75 Å². The van der Waals surface area contributed by atoms with E-state index in [1.807, 2.05) is 6.07 Å². The minimum absolute atomic E-state index is 0.304. The number of hydrogen-bond donors (Lipinski definition) is 1. The summed E-state index contributed by atoms with van der Waals surface area (Å²) in [6.45, 7) is 0.823. The van der Waals surface area contributed by atoms with Crippen molar-refractivity contribution in [1.29, 1.82) is 0 Å². The first-order chi connectivity index (χ1) is 9.15. The average Bonchev–Trinajstić information content (AvgIpc) is 3.23. The molecule has 0 unspecified atom stereocenters. The lowest BCUT2D eigenvalue weighted by Gasteiger charge is -2.17. The molecule has 0 aliphatic heterocycles. The highest BCUT2D eigenvalue weighted by Gasteiger charge is 2.26. The molecule has 0 bridgehead atoms. The van der Waals surface area contributed by atoms with E-state index in [2.05, 4.69) is 5.32 Å². The lowest BCUT2D eigenvalue weighted by atomic mass is 10.1. The summed E-state index contributed by atoms with van der Waals surface area (Å²) in [6.07, 6.45) is 2.45. The molecule has 0 radical (unpaired) electrons. The molecule has 1 aromatic carbocycles. The number of carbonyl (C=O) groups excluding carboxylic acids is 1. The van der Waals surface area contributed by atoms with Gasteiger partial charge in [-0.05, 0) is 43.0 Å². The molecule has 19 heavy (non-hydrogen) atoms. The summed E-state index contributed by atoms with van der Waals surface area (Å²) in [5.74, 6) is 0.971. The molecule has 0 aromatic heterocycles. The van der Waals surface area contributed by atoms with Crippen LogP contribution in [0.3, 0.4) is 0 Å². The van der Waals surface area contributed by atoms with Crippen molar-refractivity contribution in [2.24, 2.45) is 5.92 Å². The van der Waals surface area contributed by atoms with Crippen LogP contribution in [0.2, 0.25) is 5.02 Å². The molecule has 5 heteroatoms. The van der Waals surface area contributed by atoms with Gasteiger partial charge in [0.1, 0.15) is 11.8 Å². The highest BCUT2D eigenvalue weighted by atomic mass is 35.5. The molecule has 0 saturated heterocycles. The number of benzene rings is 1. The Morgan fingerprint density at radius 2 is 2.21 bits per heavy atom. The molecular formula is C14H18ClNO3. The molecule has 1 fully saturated rings. The molecule has 1 saturated carbocycles. The second-order valence-corrected chi connectivity index (χ2v) is 5.11. The van der Waals surface area contributed by atoms with Crippen LogP contribution < -0.4 is 10.1 Å². The molecule has 0 spiro atoms. The van der Waals surface area contributed by atoms with E-state index in [1.54, 1.807) is 19.2 Å². The van der Waals surface area contributed by atoms with Gasteiger partial charge in [0.15, 0.2) is 0 Å². The van der Waals surface area contributed by atoms with E-state index in [0.717, 1.165) is 12.1 Å². The Morgan fingerprint density at radius 3 is 2.74 bits per heavy atom. The predicted octanol–water partition coefficient (Wildman–Crippen LogP) is 2.56. The van der Waals surface area contributed by atoms with Gasteiger partial charge in [0.05, 0.1) is 19.2 Å². The highest BCUT2D eigenvalue weighted by Crippen LogP contribution is 2.30. The quantitative estimate of drug-likeness (QED) is 0.815. The Hall–Kier alpha value is -1.26. The third-order valence-corrected chi connectivity index (χ3v) is 3.55. The maximum atomic E-state index is 11.9. The van der Waals surface area contributed by atoms with Crippen LogP contribution in [0.4, 0.5) is 0 Å². The number of nitrogens with one attached hydrogen (secondary N) is 1.